The van der Waals surface area contributed by atoms with Crippen molar-refractivity contribution in [1.29, 1.82) is 0 Å². The normalized spacial score (nSPS) is 11.9. The van der Waals surface area contributed by atoms with Gasteiger partial charge in [-0.25, -0.2) is 8.78 Å². The Morgan fingerprint density at radius 1 is 1.13 bits per heavy atom. The minimum Gasteiger partial charge on any atom is -0.324 e. The van der Waals surface area contributed by atoms with Crippen LogP contribution in [0.5, 0.6) is 0 Å². The van der Waals surface area contributed by atoms with Gasteiger partial charge in [0, 0.05) is 11.3 Å². The molecule has 0 saturated carbocycles. The highest BCUT2D eigenvalue weighted by atomic mass is 19.4. The SMILES string of the molecule is NNc1cc(C(F)F)cc(C(F)(F)F)c1. The fourth-order valence-corrected chi connectivity index (χ4v) is 1.02. The van der Waals surface area contributed by atoms with Gasteiger partial charge in [0.05, 0.1) is 5.56 Å². The molecule has 0 spiro atoms. The van der Waals surface area contributed by atoms with E-state index in [2.05, 4.69) is 0 Å². The summed E-state index contributed by atoms with van der Waals surface area (Å²) in [4.78, 5) is 0. The van der Waals surface area contributed by atoms with Crippen LogP contribution in [0.15, 0.2) is 18.2 Å². The lowest BCUT2D eigenvalue weighted by molar-refractivity contribution is -0.137. The highest BCUT2D eigenvalue weighted by Gasteiger charge is 2.31. The zero-order chi connectivity index (χ0) is 11.6. The summed E-state index contributed by atoms with van der Waals surface area (Å²) in [6, 6.07) is 1.91. The van der Waals surface area contributed by atoms with Crippen LogP contribution in [-0.2, 0) is 6.18 Å². The Hall–Kier alpha value is -1.37. The zero-order valence-electron chi connectivity index (χ0n) is 7.28. The highest BCUT2D eigenvalue weighted by molar-refractivity contribution is 5.49. The summed E-state index contributed by atoms with van der Waals surface area (Å²) in [5.74, 6) is 4.87. The van der Waals surface area contributed by atoms with Crippen molar-refractivity contribution in [3.63, 3.8) is 0 Å². The summed E-state index contributed by atoms with van der Waals surface area (Å²) >= 11 is 0. The minimum absolute atomic E-state index is 0.208. The number of nitrogens with two attached hydrogens (primary N) is 1. The fraction of sp³-hybridized carbons (Fsp3) is 0.250. The van der Waals surface area contributed by atoms with Crippen molar-refractivity contribution in [2.45, 2.75) is 12.6 Å². The second-order valence-corrected chi connectivity index (χ2v) is 2.79. The summed E-state index contributed by atoms with van der Waals surface area (Å²) < 4.78 is 61.1. The van der Waals surface area contributed by atoms with E-state index in [1.807, 2.05) is 5.43 Å². The Bertz CT molecular complexity index is 347. The third-order valence-electron chi connectivity index (χ3n) is 1.70. The molecule has 0 atom stereocenters. The Morgan fingerprint density at radius 3 is 2.13 bits per heavy atom. The molecule has 15 heavy (non-hydrogen) atoms. The Balaban J connectivity index is 3.23. The van der Waals surface area contributed by atoms with Crippen molar-refractivity contribution < 1.29 is 22.0 Å². The summed E-state index contributed by atoms with van der Waals surface area (Å²) in [6.07, 6.45) is -7.64. The van der Waals surface area contributed by atoms with Crippen molar-refractivity contribution in [2.24, 2.45) is 5.84 Å². The first kappa shape index (κ1) is 11.7. The largest absolute Gasteiger partial charge is 0.416 e. The molecule has 0 aliphatic carbocycles. The van der Waals surface area contributed by atoms with Gasteiger partial charge in [0.1, 0.15) is 0 Å². The molecule has 1 aromatic rings. The Labute approximate surface area is 81.8 Å². The van der Waals surface area contributed by atoms with E-state index in [9.17, 15) is 22.0 Å². The average Bonchev–Trinajstić information content (AvgIpc) is 2.15. The van der Waals surface area contributed by atoms with Crippen molar-refractivity contribution in [3.05, 3.63) is 29.3 Å². The van der Waals surface area contributed by atoms with E-state index < -0.39 is 23.7 Å². The third kappa shape index (κ3) is 2.79. The molecule has 0 aliphatic heterocycles. The number of hydrazine groups is 1. The predicted octanol–water partition coefficient (Wildman–Crippen LogP) is 2.93. The molecule has 0 amide bonds. The molecule has 3 N–H and O–H groups in total. The van der Waals surface area contributed by atoms with Crippen LogP contribution in [-0.4, -0.2) is 0 Å². The van der Waals surface area contributed by atoms with E-state index in [-0.39, 0.29) is 5.69 Å². The lowest BCUT2D eigenvalue weighted by Crippen LogP contribution is -2.11. The molecule has 0 aromatic heterocycles. The standard InChI is InChI=1S/C8H7F5N2/c9-7(10)4-1-5(8(11,12)13)3-6(2-4)15-14/h1-3,7,15H,14H2. The first-order valence-corrected chi connectivity index (χ1v) is 3.81. The summed E-state index contributed by atoms with van der Waals surface area (Å²) in [5.41, 5.74) is -0.190. The molecule has 2 nitrogen and oxygen atoms in total. The maximum Gasteiger partial charge on any atom is 0.416 e. The van der Waals surface area contributed by atoms with Gasteiger partial charge in [0.15, 0.2) is 0 Å². The second kappa shape index (κ2) is 4.01. The Kier molecular flexibility index (Phi) is 3.13. The number of rotatable bonds is 2. The number of alkyl halides is 5. The van der Waals surface area contributed by atoms with Crippen LogP contribution < -0.4 is 11.3 Å². The van der Waals surface area contributed by atoms with Gasteiger partial charge in [-0.15, -0.1) is 0 Å². The van der Waals surface area contributed by atoms with Crippen LogP contribution in [0.3, 0.4) is 0 Å². The van der Waals surface area contributed by atoms with Crippen LogP contribution in [0.4, 0.5) is 27.6 Å². The number of benzene rings is 1. The first-order chi connectivity index (χ1) is 6.84. The van der Waals surface area contributed by atoms with Gasteiger partial charge in [-0.05, 0) is 18.2 Å². The van der Waals surface area contributed by atoms with Gasteiger partial charge in [-0.1, -0.05) is 0 Å². The summed E-state index contributed by atoms with van der Waals surface area (Å²) in [6.45, 7) is 0. The number of hydrogen-bond donors (Lipinski definition) is 2. The molecule has 0 fully saturated rings. The predicted molar refractivity (Wildman–Crippen MR) is 44.2 cm³/mol. The molecule has 1 aromatic carbocycles. The van der Waals surface area contributed by atoms with Gasteiger partial charge in [-0.2, -0.15) is 13.2 Å². The molecule has 0 aliphatic rings. The lowest BCUT2D eigenvalue weighted by atomic mass is 10.1. The highest BCUT2D eigenvalue weighted by Crippen LogP contribution is 2.34. The van der Waals surface area contributed by atoms with Crippen LogP contribution in [0.1, 0.15) is 17.6 Å². The van der Waals surface area contributed by atoms with E-state index in [1.54, 1.807) is 0 Å². The molecule has 7 heteroatoms. The van der Waals surface area contributed by atoms with E-state index in [4.69, 9.17) is 5.84 Å². The second-order valence-electron chi connectivity index (χ2n) is 2.79. The summed E-state index contributed by atoms with van der Waals surface area (Å²) in [7, 11) is 0. The molecule has 0 bridgehead atoms. The third-order valence-corrected chi connectivity index (χ3v) is 1.70. The number of hydrogen-bond acceptors (Lipinski definition) is 2. The van der Waals surface area contributed by atoms with Crippen LogP contribution in [0, 0.1) is 0 Å². The maximum atomic E-state index is 12.2. The van der Waals surface area contributed by atoms with Crippen LogP contribution in [0.2, 0.25) is 0 Å². The summed E-state index contributed by atoms with van der Waals surface area (Å²) in [5, 5.41) is 0. The molecule has 0 heterocycles. The molecule has 1 rings (SSSR count). The van der Waals surface area contributed by atoms with Gasteiger partial charge in [0.25, 0.3) is 6.43 Å². The van der Waals surface area contributed by atoms with Crippen molar-refractivity contribution >= 4 is 5.69 Å². The van der Waals surface area contributed by atoms with E-state index >= 15 is 0 Å². The quantitative estimate of drug-likeness (QED) is 0.462. The number of anilines is 1. The number of nitrogens with one attached hydrogen (secondary N) is 1. The topological polar surface area (TPSA) is 38.0 Å². The lowest BCUT2D eigenvalue weighted by Gasteiger charge is -2.11. The van der Waals surface area contributed by atoms with Gasteiger partial charge < -0.3 is 5.43 Å². The minimum atomic E-state index is -4.67. The van der Waals surface area contributed by atoms with Gasteiger partial charge in [-0.3, -0.25) is 5.84 Å². The van der Waals surface area contributed by atoms with Gasteiger partial charge in [0.2, 0.25) is 0 Å². The van der Waals surface area contributed by atoms with E-state index in [0.29, 0.717) is 12.1 Å². The fourth-order valence-electron chi connectivity index (χ4n) is 1.02. The van der Waals surface area contributed by atoms with Crippen LogP contribution >= 0.6 is 0 Å². The maximum absolute atomic E-state index is 12.2. The molecule has 0 radical (unpaired) electrons. The smallest absolute Gasteiger partial charge is 0.324 e. The molecule has 0 unspecified atom stereocenters. The van der Waals surface area contributed by atoms with Crippen molar-refractivity contribution in [2.75, 3.05) is 5.43 Å². The molecular weight excluding hydrogens is 219 g/mol. The zero-order valence-corrected chi connectivity index (χ0v) is 7.28. The monoisotopic (exact) mass is 226 g/mol. The first-order valence-electron chi connectivity index (χ1n) is 3.81. The van der Waals surface area contributed by atoms with Crippen LogP contribution in [0.25, 0.3) is 0 Å². The molecular formula is C8H7F5N2. The average molecular weight is 226 g/mol. The van der Waals surface area contributed by atoms with E-state index in [0.717, 1.165) is 6.07 Å². The molecule has 0 saturated heterocycles. The van der Waals surface area contributed by atoms with Gasteiger partial charge >= 0.3 is 6.18 Å². The van der Waals surface area contributed by atoms with Crippen molar-refractivity contribution in [1.82, 2.24) is 0 Å². The number of nitrogen functional groups attached to an aromatic ring is 1. The van der Waals surface area contributed by atoms with E-state index in [1.165, 1.54) is 0 Å². The molecule has 84 valence electrons. The van der Waals surface area contributed by atoms with Crippen molar-refractivity contribution in [3.8, 4) is 0 Å². The number of halogens is 5. The Morgan fingerprint density at radius 2 is 1.73 bits per heavy atom.